The molecule has 1 atom stereocenters. The summed E-state index contributed by atoms with van der Waals surface area (Å²) in [7, 11) is -3.39. The molecule has 8 heteroatoms. The van der Waals surface area contributed by atoms with E-state index in [4.69, 9.17) is 0 Å². The third-order valence-electron chi connectivity index (χ3n) is 7.22. The Morgan fingerprint density at radius 2 is 1.77 bits per heavy atom. The van der Waals surface area contributed by atoms with E-state index in [-0.39, 0.29) is 35.7 Å². The van der Waals surface area contributed by atoms with E-state index < -0.39 is 9.84 Å². The fourth-order valence-electron chi connectivity index (χ4n) is 5.21. The predicted octanol–water partition coefficient (Wildman–Crippen LogP) is 3.74. The van der Waals surface area contributed by atoms with E-state index in [0.29, 0.717) is 30.1 Å². The monoisotopic (exact) mass is 491 g/mol. The minimum Gasteiger partial charge on any atom is -0.342 e. The van der Waals surface area contributed by atoms with Crippen LogP contribution in [0.3, 0.4) is 0 Å². The molecule has 1 amide bonds. The SMILES string of the molecule is Cc1ccc(S(=O)(=O)CCn2ccnc2C2CCN(C(=O)C3CC(=O)c4ccccc43)CC2)cc1. The molecule has 0 saturated carbocycles. The molecular weight excluding hydrogens is 462 g/mol. The van der Waals surface area contributed by atoms with Gasteiger partial charge in [0.05, 0.1) is 16.6 Å². The minimum atomic E-state index is -3.39. The molecule has 35 heavy (non-hydrogen) atoms. The lowest BCUT2D eigenvalue weighted by atomic mass is 9.93. The van der Waals surface area contributed by atoms with Crippen LogP contribution in [0.25, 0.3) is 0 Å². The normalized spacial score (nSPS) is 18.6. The first-order valence-corrected chi connectivity index (χ1v) is 13.7. The van der Waals surface area contributed by atoms with Crippen LogP contribution in [0.4, 0.5) is 0 Å². The van der Waals surface area contributed by atoms with Crippen LogP contribution in [-0.4, -0.2) is 53.4 Å². The number of hydrogen-bond donors (Lipinski definition) is 0. The highest BCUT2D eigenvalue weighted by Crippen LogP contribution is 2.36. The summed E-state index contributed by atoms with van der Waals surface area (Å²) in [5.41, 5.74) is 2.53. The van der Waals surface area contributed by atoms with Gasteiger partial charge in [-0.25, -0.2) is 13.4 Å². The van der Waals surface area contributed by atoms with Gasteiger partial charge in [0.25, 0.3) is 0 Å². The Balaban J connectivity index is 1.21. The summed E-state index contributed by atoms with van der Waals surface area (Å²) < 4.78 is 27.5. The molecule has 2 aromatic carbocycles. The van der Waals surface area contributed by atoms with E-state index in [1.165, 1.54) is 0 Å². The molecule has 1 aromatic heterocycles. The number of carbonyl (C=O) groups excluding carboxylic acids is 2. The van der Waals surface area contributed by atoms with Crippen molar-refractivity contribution in [3.63, 3.8) is 0 Å². The van der Waals surface area contributed by atoms with Crippen LogP contribution in [0.1, 0.15) is 58.4 Å². The van der Waals surface area contributed by atoms with Gasteiger partial charge in [0.2, 0.25) is 5.91 Å². The zero-order chi connectivity index (χ0) is 24.6. The summed E-state index contributed by atoms with van der Waals surface area (Å²) in [5.74, 6) is 0.715. The van der Waals surface area contributed by atoms with Crippen LogP contribution >= 0.6 is 0 Å². The van der Waals surface area contributed by atoms with Gasteiger partial charge in [0.15, 0.2) is 15.6 Å². The molecule has 1 aliphatic carbocycles. The maximum absolute atomic E-state index is 13.2. The van der Waals surface area contributed by atoms with E-state index in [0.717, 1.165) is 29.8 Å². The third-order valence-corrected chi connectivity index (χ3v) is 8.94. The molecular formula is C27H29N3O4S. The molecule has 1 unspecified atom stereocenters. The molecule has 0 N–H and O–H groups in total. The maximum atomic E-state index is 13.2. The number of nitrogens with zero attached hydrogens (tertiary/aromatic N) is 3. The number of rotatable bonds is 6. The van der Waals surface area contributed by atoms with Crippen LogP contribution in [-0.2, 0) is 21.2 Å². The van der Waals surface area contributed by atoms with Crippen molar-refractivity contribution < 1.29 is 18.0 Å². The number of Topliss-reactive ketones (excluding diaryl/α,β-unsaturated/α-hetero) is 1. The molecule has 0 radical (unpaired) electrons. The van der Waals surface area contributed by atoms with Crippen LogP contribution < -0.4 is 0 Å². The van der Waals surface area contributed by atoms with Gasteiger partial charge in [0.1, 0.15) is 5.82 Å². The van der Waals surface area contributed by atoms with Crippen molar-refractivity contribution in [2.45, 2.75) is 49.5 Å². The molecule has 0 bridgehead atoms. The predicted molar refractivity (Wildman–Crippen MR) is 132 cm³/mol. The molecule has 0 spiro atoms. The Morgan fingerprint density at radius 3 is 2.51 bits per heavy atom. The lowest BCUT2D eigenvalue weighted by Crippen LogP contribution is -2.40. The highest BCUT2D eigenvalue weighted by Gasteiger charge is 2.37. The van der Waals surface area contributed by atoms with E-state index in [1.54, 1.807) is 24.4 Å². The van der Waals surface area contributed by atoms with Crippen LogP contribution in [0.15, 0.2) is 65.8 Å². The van der Waals surface area contributed by atoms with E-state index in [9.17, 15) is 18.0 Å². The second kappa shape index (κ2) is 9.41. The number of hydrogen-bond acceptors (Lipinski definition) is 5. The molecule has 2 heterocycles. The van der Waals surface area contributed by atoms with Crippen molar-refractivity contribution in [3.8, 4) is 0 Å². The third kappa shape index (κ3) is 4.67. The fourth-order valence-corrected chi connectivity index (χ4v) is 6.43. The number of aromatic nitrogens is 2. The molecule has 1 aliphatic heterocycles. The average Bonchev–Trinajstić information content (AvgIpc) is 3.47. The number of piperidine rings is 1. The van der Waals surface area contributed by atoms with E-state index >= 15 is 0 Å². The topological polar surface area (TPSA) is 89.3 Å². The van der Waals surface area contributed by atoms with Gasteiger partial charge in [-0.1, -0.05) is 42.0 Å². The summed E-state index contributed by atoms with van der Waals surface area (Å²) >= 11 is 0. The van der Waals surface area contributed by atoms with Gasteiger partial charge >= 0.3 is 0 Å². The van der Waals surface area contributed by atoms with Crippen LogP contribution in [0.2, 0.25) is 0 Å². The molecule has 182 valence electrons. The Labute approximate surface area is 205 Å². The second-order valence-electron chi connectivity index (χ2n) is 9.48. The number of aryl methyl sites for hydroxylation is 2. The zero-order valence-electron chi connectivity index (χ0n) is 19.8. The van der Waals surface area contributed by atoms with Crippen LogP contribution in [0.5, 0.6) is 0 Å². The number of benzene rings is 2. The van der Waals surface area contributed by atoms with Gasteiger partial charge in [-0.2, -0.15) is 0 Å². The Hall–Kier alpha value is -3.26. The smallest absolute Gasteiger partial charge is 0.230 e. The van der Waals surface area contributed by atoms with E-state index in [1.807, 2.05) is 52.9 Å². The quantitative estimate of drug-likeness (QED) is 0.524. The molecule has 2 aliphatic rings. The molecule has 3 aromatic rings. The number of fused-ring (bicyclic) bond motifs is 1. The standard InChI is InChI=1S/C27H29N3O4S/c1-19-6-8-21(9-7-19)35(33,34)17-16-29-15-12-28-26(29)20-10-13-30(14-11-20)27(32)24-18-25(31)23-5-3-2-4-22(23)24/h2-9,12,15,20,24H,10-11,13-14,16-18H2,1H3. The largest absolute Gasteiger partial charge is 0.342 e. The summed E-state index contributed by atoms with van der Waals surface area (Å²) in [6.45, 7) is 3.47. The van der Waals surface area contributed by atoms with Crippen molar-refractivity contribution in [2.75, 3.05) is 18.8 Å². The van der Waals surface area contributed by atoms with E-state index in [2.05, 4.69) is 4.98 Å². The summed E-state index contributed by atoms with van der Waals surface area (Å²) in [5, 5.41) is 0. The first-order valence-electron chi connectivity index (χ1n) is 12.0. The van der Waals surface area contributed by atoms with Crippen molar-refractivity contribution in [2.24, 2.45) is 0 Å². The van der Waals surface area contributed by atoms with Crippen molar-refractivity contribution in [3.05, 3.63) is 83.4 Å². The van der Waals surface area contributed by atoms with Crippen LogP contribution in [0, 0.1) is 6.92 Å². The number of carbonyl (C=O) groups is 2. The molecule has 1 saturated heterocycles. The number of imidazole rings is 1. The average molecular weight is 492 g/mol. The van der Waals surface area contributed by atoms with Crippen molar-refractivity contribution in [1.82, 2.24) is 14.5 Å². The first-order chi connectivity index (χ1) is 16.8. The van der Waals surface area contributed by atoms with Gasteiger partial charge in [0, 0.05) is 49.9 Å². The van der Waals surface area contributed by atoms with Gasteiger partial charge in [-0.05, 0) is 37.5 Å². The van der Waals surface area contributed by atoms with Gasteiger partial charge in [-0.3, -0.25) is 9.59 Å². The number of likely N-dealkylation sites (tertiary alicyclic amines) is 1. The lowest BCUT2D eigenvalue weighted by molar-refractivity contribution is -0.133. The first kappa shape index (κ1) is 23.5. The lowest BCUT2D eigenvalue weighted by Gasteiger charge is -2.33. The Morgan fingerprint density at radius 1 is 1.06 bits per heavy atom. The highest BCUT2D eigenvalue weighted by atomic mass is 32.2. The van der Waals surface area contributed by atoms with Crippen molar-refractivity contribution in [1.29, 1.82) is 0 Å². The van der Waals surface area contributed by atoms with Crippen molar-refractivity contribution >= 4 is 21.5 Å². The molecule has 1 fully saturated rings. The highest BCUT2D eigenvalue weighted by molar-refractivity contribution is 7.91. The fraction of sp³-hybridized carbons (Fsp3) is 0.370. The molecule has 7 nitrogen and oxygen atoms in total. The summed E-state index contributed by atoms with van der Waals surface area (Å²) in [4.78, 5) is 32.3. The molecule has 5 rings (SSSR count). The Bertz CT molecular complexity index is 1350. The maximum Gasteiger partial charge on any atom is 0.230 e. The minimum absolute atomic E-state index is 0.00582. The second-order valence-corrected chi connectivity index (χ2v) is 11.6. The number of ketones is 1. The number of amides is 1. The van der Waals surface area contributed by atoms with Gasteiger partial charge in [-0.15, -0.1) is 0 Å². The van der Waals surface area contributed by atoms with Gasteiger partial charge < -0.3 is 9.47 Å². The zero-order valence-corrected chi connectivity index (χ0v) is 20.6. The summed E-state index contributed by atoms with van der Waals surface area (Å²) in [6, 6.07) is 14.3. The Kier molecular flexibility index (Phi) is 6.32. The summed E-state index contributed by atoms with van der Waals surface area (Å²) in [6.07, 6.45) is 5.31. The number of sulfone groups is 1.